The Kier molecular flexibility index (Phi) is 2.85. The Hall–Kier alpha value is -2.11. The third-order valence-electron chi connectivity index (χ3n) is 3.65. The van der Waals surface area contributed by atoms with Crippen LogP contribution in [-0.4, -0.2) is 25.7 Å². The summed E-state index contributed by atoms with van der Waals surface area (Å²) in [6, 6.07) is 3.14. The smallest absolute Gasteiger partial charge is 0.309 e. The van der Waals surface area contributed by atoms with Gasteiger partial charge in [0.15, 0.2) is 5.65 Å². The summed E-state index contributed by atoms with van der Waals surface area (Å²) in [5.41, 5.74) is 1.57. The van der Waals surface area contributed by atoms with Crippen molar-refractivity contribution in [3.63, 3.8) is 0 Å². The minimum absolute atomic E-state index is 0.227. The van der Waals surface area contributed by atoms with Crippen molar-refractivity contribution in [2.45, 2.75) is 38.0 Å². The molecule has 6 nitrogen and oxygen atoms in total. The van der Waals surface area contributed by atoms with Gasteiger partial charge < -0.3 is 5.11 Å². The summed E-state index contributed by atoms with van der Waals surface area (Å²) in [4.78, 5) is 26.8. The second-order valence-corrected chi connectivity index (χ2v) is 5.04. The zero-order valence-corrected chi connectivity index (χ0v) is 10.4. The van der Waals surface area contributed by atoms with E-state index in [2.05, 4.69) is 10.1 Å². The van der Waals surface area contributed by atoms with Crippen molar-refractivity contribution in [3.05, 3.63) is 33.9 Å². The summed E-state index contributed by atoms with van der Waals surface area (Å²) in [6.07, 6.45) is 4.46. The van der Waals surface area contributed by atoms with Crippen LogP contribution in [0.3, 0.4) is 0 Å². The molecule has 0 saturated heterocycles. The number of fused-ring (bicyclic) bond motifs is 1. The Labute approximate surface area is 109 Å². The number of carboxylic acids is 1. The Morgan fingerprint density at radius 2 is 2.16 bits per heavy atom. The van der Waals surface area contributed by atoms with E-state index in [-0.39, 0.29) is 12.0 Å². The maximum atomic E-state index is 11.9. The lowest BCUT2D eigenvalue weighted by Gasteiger charge is -2.03. The van der Waals surface area contributed by atoms with E-state index in [9.17, 15) is 9.59 Å². The molecule has 2 N–H and O–H groups in total. The van der Waals surface area contributed by atoms with E-state index in [0.717, 1.165) is 18.5 Å². The molecule has 100 valence electrons. The van der Waals surface area contributed by atoms with Gasteiger partial charge in [0.25, 0.3) is 5.56 Å². The first-order valence-corrected chi connectivity index (χ1v) is 6.47. The number of aliphatic carboxylic acids is 1. The number of aromatic amines is 1. The van der Waals surface area contributed by atoms with Crippen LogP contribution in [-0.2, 0) is 11.2 Å². The van der Waals surface area contributed by atoms with Gasteiger partial charge in [-0.1, -0.05) is 12.8 Å². The van der Waals surface area contributed by atoms with Gasteiger partial charge in [-0.05, 0) is 12.8 Å². The zero-order chi connectivity index (χ0) is 13.4. The quantitative estimate of drug-likeness (QED) is 0.872. The molecule has 1 aliphatic carbocycles. The van der Waals surface area contributed by atoms with Crippen LogP contribution in [0, 0.1) is 0 Å². The fourth-order valence-electron chi connectivity index (χ4n) is 2.75. The molecule has 3 rings (SSSR count). The topological polar surface area (TPSA) is 87.5 Å². The van der Waals surface area contributed by atoms with E-state index in [1.165, 1.54) is 23.4 Å². The van der Waals surface area contributed by atoms with E-state index in [0.29, 0.717) is 17.3 Å². The highest BCUT2D eigenvalue weighted by Gasteiger charge is 2.20. The molecule has 19 heavy (non-hydrogen) atoms. The van der Waals surface area contributed by atoms with Gasteiger partial charge in [0.05, 0.1) is 12.1 Å². The lowest BCUT2D eigenvalue weighted by molar-refractivity contribution is -0.136. The van der Waals surface area contributed by atoms with Gasteiger partial charge in [0.1, 0.15) is 0 Å². The molecule has 0 bridgehead atoms. The minimum atomic E-state index is -0.984. The molecule has 0 aromatic carbocycles. The number of hydrogen-bond acceptors (Lipinski definition) is 3. The number of carboxylic acid groups (broad SMARTS) is 1. The second-order valence-electron chi connectivity index (χ2n) is 5.04. The first kappa shape index (κ1) is 12.0. The Balaban J connectivity index is 2.04. The SMILES string of the molecule is O=C(O)Cc1cc(=O)n2[nH]c(C3CCCC3)cc2n1. The van der Waals surface area contributed by atoms with Crippen LogP contribution in [0.25, 0.3) is 5.65 Å². The highest BCUT2D eigenvalue weighted by Crippen LogP contribution is 2.33. The van der Waals surface area contributed by atoms with E-state index in [1.807, 2.05) is 6.07 Å². The van der Waals surface area contributed by atoms with E-state index < -0.39 is 5.97 Å². The molecular formula is C13H15N3O3. The van der Waals surface area contributed by atoms with Gasteiger partial charge >= 0.3 is 5.97 Å². The van der Waals surface area contributed by atoms with Crippen molar-refractivity contribution in [1.82, 2.24) is 14.6 Å². The summed E-state index contributed by atoms with van der Waals surface area (Å²) in [5.74, 6) is -0.521. The standard InChI is InChI=1S/C13H15N3O3/c17-12-5-9(6-13(18)19)14-11-7-10(15-16(11)12)8-3-1-2-4-8/h5,7-8,15H,1-4,6H2,(H,18,19). The molecule has 1 fully saturated rings. The lowest BCUT2D eigenvalue weighted by atomic mass is 10.1. The van der Waals surface area contributed by atoms with Crippen LogP contribution in [0.5, 0.6) is 0 Å². The number of H-pyrrole nitrogens is 1. The van der Waals surface area contributed by atoms with Gasteiger partial charge in [-0.2, -0.15) is 0 Å². The maximum absolute atomic E-state index is 11.9. The van der Waals surface area contributed by atoms with Crippen molar-refractivity contribution < 1.29 is 9.90 Å². The molecular weight excluding hydrogens is 246 g/mol. The number of hydrogen-bond donors (Lipinski definition) is 2. The molecule has 1 aliphatic rings. The van der Waals surface area contributed by atoms with Crippen LogP contribution < -0.4 is 5.56 Å². The minimum Gasteiger partial charge on any atom is -0.481 e. The molecule has 0 atom stereocenters. The Morgan fingerprint density at radius 1 is 1.42 bits per heavy atom. The highest BCUT2D eigenvalue weighted by atomic mass is 16.4. The molecule has 0 spiro atoms. The molecule has 2 aromatic heterocycles. The van der Waals surface area contributed by atoms with E-state index in [1.54, 1.807) is 0 Å². The lowest BCUT2D eigenvalue weighted by Crippen LogP contribution is -2.17. The molecule has 1 saturated carbocycles. The molecule has 0 amide bonds. The predicted octanol–water partition coefficient (Wildman–Crippen LogP) is 1.31. The number of nitrogens with one attached hydrogen (secondary N) is 1. The van der Waals surface area contributed by atoms with Crippen molar-refractivity contribution in [1.29, 1.82) is 0 Å². The van der Waals surface area contributed by atoms with Crippen LogP contribution in [0.4, 0.5) is 0 Å². The van der Waals surface area contributed by atoms with Crippen LogP contribution >= 0.6 is 0 Å². The average Bonchev–Trinajstić information content (AvgIpc) is 2.95. The van der Waals surface area contributed by atoms with Crippen molar-refractivity contribution in [2.75, 3.05) is 0 Å². The first-order chi connectivity index (χ1) is 9.13. The van der Waals surface area contributed by atoms with Crippen molar-refractivity contribution in [3.8, 4) is 0 Å². The molecule has 2 heterocycles. The maximum Gasteiger partial charge on any atom is 0.309 e. The predicted molar refractivity (Wildman–Crippen MR) is 68.4 cm³/mol. The Bertz CT molecular complexity index is 680. The summed E-state index contributed by atoms with van der Waals surface area (Å²) >= 11 is 0. The number of rotatable bonds is 3. The van der Waals surface area contributed by atoms with Gasteiger partial charge in [-0.15, -0.1) is 0 Å². The number of carbonyl (C=O) groups is 1. The van der Waals surface area contributed by atoms with Crippen LogP contribution in [0.15, 0.2) is 16.9 Å². The fourth-order valence-corrected chi connectivity index (χ4v) is 2.75. The number of aromatic nitrogens is 3. The zero-order valence-electron chi connectivity index (χ0n) is 10.4. The molecule has 0 aliphatic heterocycles. The molecule has 6 heteroatoms. The first-order valence-electron chi connectivity index (χ1n) is 6.47. The van der Waals surface area contributed by atoms with Gasteiger partial charge in [-0.25, -0.2) is 9.50 Å². The fraction of sp³-hybridized carbons (Fsp3) is 0.462. The third-order valence-corrected chi connectivity index (χ3v) is 3.65. The summed E-state index contributed by atoms with van der Waals surface area (Å²) in [6.45, 7) is 0. The van der Waals surface area contributed by atoms with Crippen LogP contribution in [0.1, 0.15) is 43.0 Å². The average molecular weight is 261 g/mol. The molecule has 2 aromatic rings. The summed E-state index contributed by atoms with van der Waals surface area (Å²) in [7, 11) is 0. The molecule has 0 radical (unpaired) electrons. The largest absolute Gasteiger partial charge is 0.481 e. The van der Waals surface area contributed by atoms with E-state index >= 15 is 0 Å². The van der Waals surface area contributed by atoms with Gasteiger partial charge in [-0.3, -0.25) is 14.7 Å². The van der Waals surface area contributed by atoms with Crippen molar-refractivity contribution >= 4 is 11.6 Å². The normalized spacial score (nSPS) is 16.2. The van der Waals surface area contributed by atoms with Crippen LogP contribution in [0.2, 0.25) is 0 Å². The van der Waals surface area contributed by atoms with Gasteiger partial charge in [0.2, 0.25) is 0 Å². The Morgan fingerprint density at radius 3 is 2.84 bits per heavy atom. The van der Waals surface area contributed by atoms with E-state index in [4.69, 9.17) is 5.11 Å². The van der Waals surface area contributed by atoms with Gasteiger partial charge in [0, 0.05) is 23.7 Å². The monoisotopic (exact) mass is 261 g/mol. The summed E-state index contributed by atoms with van der Waals surface area (Å²) < 4.78 is 1.39. The number of nitrogens with zero attached hydrogens (tertiary/aromatic N) is 2. The van der Waals surface area contributed by atoms with Crippen molar-refractivity contribution in [2.24, 2.45) is 0 Å². The summed E-state index contributed by atoms with van der Waals surface area (Å²) in [5, 5.41) is 11.8. The second kappa shape index (κ2) is 4.53. The third kappa shape index (κ3) is 2.25. The molecule has 0 unspecified atom stereocenters. The highest BCUT2D eigenvalue weighted by molar-refractivity contribution is 5.69.